The van der Waals surface area contributed by atoms with Crippen LogP contribution in [0.5, 0.6) is 0 Å². The fourth-order valence-corrected chi connectivity index (χ4v) is 4.33. The van der Waals surface area contributed by atoms with Crippen LogP contribution in [0.25, 0.3) is 0 Å². The third-order valence-corrected chi connectivity index (χ3v) is 5.71. The molecule has 0 N–H and O–H groups in total. The maximum atomic E-state index is 5.77. The number of hydrogen-bond donors (Lipinski definition) is 0. The molecule has 1 saturated heterocycles. The topological polar surface area (TPSA) is 12.5 Å². The van der Waals surface area contributed by atoms with Gasteiger partial charge in [-0.2, -0.15) is 0 Å². The van der Waals surface area contributed by atoms with Crippen molar-refractivity contribution < 1.29 is 4.74 Å². The van der Waals surface area contributed by atoms with Crippen LogP contribution in [-0.4, -0.2) is 12.2 Å². The lowest BCUT2D eigenvalue weighted by atomic mass is 9.53. The van der Waals surface area contributed by atoms with E-state index in [4.69, 9.17) is 4.74 Å². The summed E-state index contributed by atoms with van der Waals surface area (Å²) in [7, 11) is 0. The summed E-state index contributed by atoms with van der Waals surface area (Å²) in [6.07, 6.45) is 9.29. The molecule has 0 radical (unpaired) electrons. The van der Waals surface area contributed by atoms with Crippen LogP contribution >= 0.6 is 0 Å². The van der Waals surface area contributed by atoms with Gasteiger partial charge in [0.05, 0.1) is 12.2 Å². The second-order valence-electron chi connectivity index (χ2n) is 6.54. The van der Waals surface area contributed by atoms with Crippen molar-refractivity contribution in [3.05, 3.63) is 11.6 Å². The molecule has 16 heavy (non-hydrogen) atoms. The quantitative estimate of drug-likeness (QED) is 0.481. The minimum Gasteiger partial charge on any atom is -0.370 e. The normalized spacial score (nSPS) is 51.8. The summed E-state index contributed by atoms with van der Waals surface area (Å²) in [5.41, 5.74) is 2.39. The Morgan fingerprint density at radius 1 is 1.31 bits per heavy atom. The van der Waals surface area contributed by atoms with Gasteiger partial charge in [0.25, 0.3) is 0 Å². The highest BCUT2D eigenvalue weighted by molar-refractivity contribution is 5.25. The van der Waals surface area contributed by atoms with Gasteiger partial charge >= 0.3 is 0 Å². The van der Waals surface area contributed by atoms with Crippen LogP contribution in [0.2, 0.25) is 0 Å². The molecule has 3 rings (SSSR count). The molecule has 1 heterocycles. The Bertz CT molecular complexity index is 326. The van der Waals surface area contributed by atoms with E-state index < -0.39 is 0 Å². The van der Waals surface area contributed by atoms with Gasteiger partial charge in [-0.25, -0.2) is 0 Å². The van der Waals surface area contributed by atoms with Gasteiger partial charge in [-0.1, -0.05) is 25.5 Å². The highest BCUT2D eigenvalue weighted by Gasteiger charge is 2.58. The summed E-state index contributed by atoms with van der Waals surface area (Å²) < 4.78 is 5.77. The number of epoxide rings is 1. The minimum atomic E-state index is 0.208. The number of ether oxygens (including phenoxy) is 1. The fraction of sp³-hybridized carbons (Fsp3) is 0.867. The van der Waals surface area contributed by atoms with Crippen molar-refractivity contribution >= 4 is 0 Å². The third kappa shape index (κ3) is 1.33. The van der Waals surface area contributed by atoms with Gasteiger partial charge < -0.3 is 4.74 Å². The van der Waals surface area contributed by atoms with Crippen molar-refractivity contribution in [1.82, 2.24) is 0 Å². The molecule has 1 aliphatic heterocycles. The molecular weight excluding hydrogens is 196 g/mol. The Morgan fingerprint density at radius 2 is 2.06 bits per heavy atom. The molecule has 0 aromatic rings. The standard InChI is InChI=1S/C15H24O/c1-11-6-4-7-12-8-5-9-13(15(11,12)3)14(2)10-16-14/h7,11,13H,4-6,8-10H2,1-3H3. The van der Waals surface area contributed by atoms with Gasteiger partial charge in [-0.15, -0.1) is 0 Å². The largest absolute Gasteiger partial charge is 0.370 e. The van der Waals surface area contributed by atoms with Gasteiger partial charge in [-0.3, -0.25) is 0 Å². The van der Waals surface area contributed by atoms with Crippen LogP contribution < -0.4 is 0 Å². The molecule has 2 fully saturated rings. The Kier molecular flexibility index (Phi) is 2.27. The van der Waals surface area contributed by atoms with Crippen molar-refractivity contribution in [3.63, 3.8) is 0 Å². The van der Waals surface area contributed by atoms with Crippen molar-refractivity contribution in [1.29, 1.82) is 0 Å². The third-order valence-electron chi connectivity index (χ3n) is 5.71. The van der Waals surface area contributed by atoms with Crippen molar-refractivity contribution in [2.24, 2.45) is 17.3 Å². The second kappa shape index (κ2) is 3.35. The average molecular weight is 220 g/mol. The van der Waals surface area contributed by atoms with Gasteiger partial charge in [0.2, 0.25) is 0 Å². The first kappa shape index (κ1) is 10.8. The SMILES string of the molecule is CC1CCC=C2CCCC(C3(C)CO3)C21C. The van der Waals surface area contributed by atoms with E-state index in [1.807, 2.05) is 0 Å². The first-order valence-electron chi connectivity index (χ1n) is 6.91. The summed E-state index contributed by atoms with van der Waals surface area (Å²) >= 11 is 0. The van der Waals surface area contributed by atoms with E-state index >= 15 is 0 Å². The van der Waals surface area contributed by atoms with E-state index in [9.17, 15) is 0 Å². The van der Waals surface area contributed by atoms with E-state index in [2.05, 4.69) is 26.8 Å². The van der Waals surface area contributed by atoms with E-state index in [1.165, 1.54) is 32.1 Å². The molecule has 4 atom stereocenters. The zero-order valence-electron chi connectivity index (χ0n) is 10.9. The molecule has 3 aliphatic rings. The van der Waals surface area contributed by atoms with E-state index in [-0.39, 0.29) is 5.60 Å². The number of hydrogen-bond acceptors (Lipinski definition) is 1. The summed E-state index contributed by atoms with van der Waals surface area (Å²) in [6, 6.07) is 0. The predicted octanol–water partition coefficient (Wildman–Crippen LogP) is 3.94. The van der Waals surface area contributed by atoms with E-state index in [1.54, 1.807) is 5.57 Å². The van der Waals surface area contributed by atoms with Gasteiger partial charge in [0.1, 0.15) is 0 Å². The fourth-order valence-electron chi connectivity index (χ4n) is 4.33. The van der Waals surface area contributed by atoms with Crippen LogP contribution in [0.15, 0.2) is 11.6 Å². The smallest absolute Gasteiger partial charge is 0.0924 e. The first-order valence-corrected chi connectivity index (χ1v) is 6.91. The summed E-state index contributed by atoms with van der Waals surface area (Å²) in [5.74, 6) is 1.59. The van der Waals surface area contributed by atoms with Crippen LogP contribution in [0.3, 0.4) is 0 Å². The number of allylic oxidation sites excluding steroid dienone is 2. The number of rotatable bonds is 1. The highest BCUT2D eigenvalue weighted by atomic mass is 16.6. The van der Waals surface area contributed by atoms with Crippen molar-refractivity contribution in [3.8, 4) is 0 Å². The summed E-state index contributed by atoms with van der Waals surface area (Å²) in [5, 5.41) is 0. The average Bonchev–Trinajstić information content (AvgIpc) is 2.99. The molecule has 0 aromatic heterocycles. The number of fused-ring (bicyclic) bond motifs is 1. The zero-order valence-corrected chi connectivity index (χ0v) is 10.9. The molecule has 2 aliphatic carbocycles. The van der Waals surface area contributed by atoms with Gasteiger partial charge in [0.15, 0.2) is 0 Å². The maximum Gasteiger partial charge on any atom is 0.0924 e. The Balaban J connectivity index is 1.99. The lowest BCUT2D eigenvalue weighted by Gasteiger charge is -2.51. The molecule has 0 spiro atoms. The monoisotopic (exact) mass is 220 g/mol. The lowest BCUT2D eigenvalue weighted by Crippen LogP contribution is -2.46. The first-order chi connectivity index (χ1) is 7.57. The highest BCUT2D eigenvalue weighted by Crippen LogP contribution is 2.59. The van der Waals surface area contributed by atoms with Crippen LogP contribution in [0, 0.1) is 17.3 Å². The minimum absolute atomic E-state index is 0.208. The zero-order chi connectivity index (χ0) is 11.4. The van der Waals surface area contributed by atoms with Gasteiger partial charge in [-0.05, 0) is 56.3 Å². The Labute approximate surface area is 99.3 Å². The van der Waals surface area contributed by atoms with Crippen molar-refractivity contribution in [2.45, 2.75) is 58.5 Å². The molecule has 0 aromatic carbocycles. The molecule has 1 saturated carbocycles. The molecule has 0 amide bonds. The Hall–Kier alpha value is -0.300. The maximum absolute atomic E-state index is 5.77. The molecule has 4 unspecified atom stereocenters. The van der Waals surface area contributed by atoms with Crippen LogP contribution in [0.4, 0.5) is 0 Å². The van der Waals surface area contributed by atoms with Crippen LogP contribution in [-0.2, 0) is 4.74 Å². The molecule has 0 bridgehead atoms. The van der Waals surface area contributed by atoms with Crippen LogP contribution in [0.1, 0.15) is 52.9 Å². The Morgan fingerprint density at radius 3 is 2.75 bits per heavy atom. The second-order valence-corrected chi connectivity index (χ2v) is 6.54. The molecular formula is C15H24O. The van der Waals surface area contributed by atoms with Gasteiger partial charge in [0, 0.05) is 0 Å². The van der Waals surface area contributed by atoms with E-state index in [0.717, 1.165) is 18.4 Å². The lowest BCUT2D eigenvalue weighted by molar-refractivity contribution is 0.0376. The van der Waals surface area contributed by atoms with Crippen molar-refractivity contribution in [2.75, 3.05) is 6.61 Å². The summed E-state index contributed by atoms with van der Waals surface area (Å²) in [4.78, 5) is 0. The molecule has 1 nitrogen and oxygen atoms in total. The molecule has 90 valence electrons. The predicted molar refractivity (Wildman–Crippen MR) is 66.3 cm³/mol. The molecule has 1 heteroatoms. The van der Waals surface area contributed by atoms with E-state index in [0.29, 0.717) is 5.41 Å². The summed E-state index contributed by atoms with van der Waals surface area (Å²) in [6.45, 7) is 8.29.